The second-order valence-corrected chi connectivity index (χ2v) is 4.85. The summed E-state index contributed by atoms with van der Waals surface area (Å²) < 4.78 is 0. The largest absolute Gasteiger partial charge is 0.396 e. The van der Waals surface area contributed by atoms with Gasteiger partial charge in [0.2, 0.25) is 5.91 Å². The van der Waals surface area contributed by atoms with Gasteiger partial charge in [0.1, 0.15) is 0 Å². The van der Waals surface area contributed by atoms with Crippen LogP contribution in [0.1, 0.15) is 37.2 Å². The Morgan fingerprint density at radius 3 is 2.56 bits per heavy atom. The second kappa shape index (κ2) is 6.54. The molecule has 5 nitrogen and oxygen atoms in total. The van der Waals surface area contributed by atoms with Crippen molar-refractivity contribution in [3.05, 3.63) is 17.0 Å². The Labute approximate surface area is 108 Å². The van der Waals surface area contributed by atoms with Crippen LogP contribution in [0.3, 0.4) is 0 Å². The minimum absolute atomic E-state index is 0.0889. The number of H-pyrrole nitrogens is 1. The molecule has 2 N–H and O–H groups in total. The van der Waals surface area contributed by atoms with E-state index in [-0.39, 0.29) is 18.6 Å². The van der Waals surface area contributed by atoms with Crippen LogP contribution in [0, 0.1) is 13.8 Å². The molecule has 0 unspecified atom stereocenters. The highest BCUT2D eigenvalue weighted by Crippen LogP contribution is 2.13. The molecule has 1 aromatic heterocycles. The average Bonchev–Trinajstić information content (AvgIpc) is 2.61. The summed E-state index contributed by atoms with van der Waals surface area (Å²) in [5.74, 6) is 0.0889. The first-order valence-corrected chi connectivity index (χ1v) is 6.38. The van der Waals surface area contributed by atoms with Gasteiger partial charge in [-0.2, -0.15) is 5.10 Å². The van der Waals surface area contributed by atoms with Crippen LogP contribution in [-0.2, 0) is 11.2 Å². The molecule has 1 amide bonds. The number of aliphatic hydroxyl groups is 1. The van der Waals surface area contributed by atoms with Gasteiger partial charge in [-0.25, -0.2) is 0 Å². The first kappa shape index (κ1) is 14.7. The normalized spacial score (nSPS) is 11.0. The van der Waals surface area contributed by atoms with Gasteiger partial charge in [-0.15, -0.1) is 0 Å². The van der Waals surface area contributed by atoms with Crippen LogP contribution < -0.4 is 0 Å². The molecular weight excluding hydrogens is 230 g/mol. The highest BCUT2D eigenvalue weighted by Gasteiger charge is 2.19. The van der Waals surface area contributed by atoms with Gasteiger partial charge in [0.05, 0.1) is 12.1 Å². The molecule has 0 bridgehead atoms. The van der Waals surface area contributed by atoms with Crippen molar-refractivity contribution in [2.75, 3.05) is 13.2 Å². The summed E-state index contributed by atoms with van der Waals surface area (Å²) >= 11 is 0. The smallest absolute Gasteiger partial charge is 0.227 e. The average molecular weight is 253 g/mol. The van der Waals surface area contributed by atoms with E-state index in [1.54, 1.807) is 0 Å². The zero-order chi connectivity index (χ0) is 13.7. The molecule has 5 heteroatoms. The third kappa shape index (κ3) is 3.57. The van der Waals surface area contributed by atoms with Gasteiger partial charge in [0.25, 0.3) is 0 Å². The van der Waals surface area contributed by atoms with E-state index in [4.69, 9.17) is 5.11 Å². The number of aryl methyl sites for hydroxylation is 2. The molecule has 102 valence electrons. The fourth-order valence-electron chi connectivity index (χ4n) is 2.00. The van der Waals surface area contributed by atoms with E-state index in [0.717, 1.165) is 17.0 Å². The summed E-state index contributed by atoms with van der Waals surface area (Å²) in [6, 6.07) is 0.150. The SMILES string of the molecule is Cc1n[nH]c(C)c1CC(=O)N(CCCO)C(C)C. The Hall–Kier alpha value is -1.36. The lowest BCUT2D eigenvalue weighted by Gasteiger charge is -2.26. The van der Waals surface area contributed by atoms with Gasteiger partial charge in [0.15, 0.2) is 0 Å². The topological polar surface area (TPSA) is 69.2 Å². The van der Waals surface area contributed by atoms with E-state index in [0.29, 0.717) is 19.4 Å². The number of hydrogen-bond donors (Lipinski definition) is 2. The molecule has 0 saturated carbocycles. The number of rotatable bonds is 6. The highest BCUT2D eigenvalue weighted by atomic mass is 16.3. The maximum Gasteiger partial charge on any atom is 0.227 e. The summed E-state index contributed by atoms with van der Waals surface area (Å²) in [6.07, 6.45) is 0.991. The van der Waals surface area contributed by atoms with E-state index in [9.17, 15) is 4.79 Å². The predicted molar refractivity (Wildman–Crippen MR) is 70.3 cm³/mol. The molecule has 0 aliphatic rings. The molecule has 1 heterocycles. The Bertz CT molecular complexity index is 379. The van der Waals surface area contributed by atoms with Crippen molar-refractivity contribution in [3.63, 3.8) is 0 Å². The van der Waals surface area contributed by atoms with Crippen molar-refractivity contribution in [1.29, 1.82) is 0 Å². The lowest BCUT2D eigenvalue weighted by molar-refractivity contribution is -0.132. The van der Waals surface area contributed by atoms with Crippen LogP contribution in [0.25, 0.3) is 0 Å². The van der Waals surface area contributed by atoms with E-state index in [2.05, 4.69) is 10.2 Å². The van der Waals surface area contributed by atoms with Gasteiger partial charge in [-0.05, 0) is 34.1 Å². The monoisotopic (exact) mass is 253 g/mol. The van der Waals surface area contributed by atoms with Gasteiger partial charge in [-0.1, -0.05) is 0 Å². The van der Waals surface area contributed by atoms with Crippen LogP contribution >= 0.6 is 0 Å². The summed E-state index contributed by atoms with van der Waals surface area (Å²) in [7, 11) is 0. The first-order chi connectivity index (χ1) is 8.47. The fraction of sp³-hybridized carbons (Fsp3) is 0.692. The molecule has 0 radical (unpaired) electrons. The zero-order valence-electron chi connectivity index (χ0n) is 11.7. The second-order valence-electron chi connectivity index (χ2n) is 4.85. The van der Waals surface area contributed by atoms with Gasteiger partial charge in [0, 0.05) is 30.5 Å². The van der Waals surface area contributed by atoms with Crippen LogP contribution in [-0.4, -0.2) is 45.3 Å². The van der Waals surface area contributed by atoms with Crippen LogP contribution in [0.4, 0.5) is 0 Å². The van der Waals surface area contributed by atoms with Gasteiger partial charge in [-0.3, -0.25) is 9.89 Å². The molecule has 0 fully saturated rings. The number of carbonyl (C=O) groups excluding carboxylic acids is 1. The Kier molecular flexibility index (Phi) is 5.34. The van der Waals surface area contributed by atoms with E-state index in [1.165, 1.54) is 0 Å². The van der Waals surface area contributed by atoms with E-state index >= 15 is 0 Å². The number of aromatic nitrogens is 2. The Balaban J connectivity index is 2.73. The standard InChI is InChI=1S/C13H23N3O2/c1-9(2)16(6-5-7-17)13(18)8-12-10(3)14-15-11(12)4/h9,17H,5-8H2,1-4H3,(H,14,15). The maximum atomic E-state index is 12.3. The maximum absolute atomic E-state index is 12.3. The van der Waals surface area contributed by atoms with Crippen molar-refractivity contribution in [3.8, 4) is 0 Å². The molecule has 0 saturated heterocycles. The summed E-state index contributed by atoms with van der Waals surface area (Å²) in [4.78, 5) is 14.1. The minimum Gasteiger partial charge on any atom is -0.396 e. The molecule has 18 heavy (non-hydrogen) atoms. The molecule has 0 atom stereocenters. The molecule has 0 aromatic carbocycles. The van der Waals surface area contributed by atoms with E-state index < -0.39 is 0 Å². The molecule has 0 aliphatic heterocycles. The third-order valence-corrected chi connectivity index (χ3v) is 3.11. The van der Waals surface area contributed by atoms with Crippen LogP contribution in [0.5, 0.6) is 0 Å². The first-order valence-electron chi connectivity index (χ1n) is 6.38. The van der Waals surface area contributed by atoms with E-state index in [1.807, 2.05) is 32.6 Å². The highest BCUT2D eigenvalue weighted by molar-refractivity contribution is 5.79. The quantitative estimate of drug-likeness (QED) is 0.800. The molecular formula is C13H23N3O2. The number of amides is 1. The van der Waals surface area contributed by atoms with Crippen molar-refractivity contribution in [2.24, 2.45) is 0 Å². The lowest BCUT2D eigenvalue weighted by Crippen LogP contribution is -2.39. The number of aliphatic hydroxyl groups excluding tert-OH is 1. The Morgan fingerprint density at radius 1 is 1.44 bits per heavy atom. The summed E-state index contributed by atoms with van der Waals surface area (Å²) in [5, 5.41) is 15.9. The fourth-order valence-corrected chi connectivity index (χ4v) is 2.00. The predicted octanol–water partition coefficient (Wildman–Crippen LogP) is 1.19. The van der Waals surface area contributed by atoms with Gasteiger partial charge >= 0.3 is 0 Å². The van der Waals surface area contributed by atoms with Crippen LogP contribution in [0.2, 0.25) is 0 Å². The molecule has 0 spiro atoms. The van der Waals surface area contributed by atoms with Gasteiger partial charge < -0.3 is 10.0 Å². The van der Waals surface area contributed by atoms with Crippen molar-refractivity contribution in [1.82, 2.24) is 15.1 Å². The number of carbonyl (C=O) groups is 1. The minimum atomic E-state index is 0.0889. The van der Waals surface area contributed by atoms with Crippen molar-refractivity contribution < 1.29 is 9.90 Å². The third-order valence-electron chi connectivity index (χ3n) is 3.11. The molecule has 1 rings (SSSR count). The molecule has 1 aromatic rings. The number of nitrogens with one attached hydrogen (secondary N) is 1. The van der Waals surface area contributed by atoms with Crippen LogP contribution in [0.15, 0.2) is 0 Å². The van der Waals surface area contributed by atoms with Crippen molar-refractivity contribution >= 4 is 5.91 Å². The number of nitrogens with zero attached hydrogens (tertiary/aromatic N) is 2. The zero-order valence-corrected chi connectivity index (χ0v) is 11.7. The lowest BCUT2D eigenvalue weighted by atomic mass is 10.1. The summed E-state index contributed by atoms with van der Waals surface area (Å²) in [5.41, 5.74) is 2.81. The number of hydrogen-bond acceptors (Lipinski definition) is 3. The Morgan fingerprint density at radius 2 is 2.11 bits per heavy atom. The summed E-state index contributed by atoms with van der Waals surface area (Å²) in [6.45, 7) is 8.52. The molecule has 0 aliphatic carbocycles. The van der Waals surface area contributed by atoms with Crippen molar-refractivity contribution in [2.45, 2.75) is 46.6 Å². The number of aromatic amines is 1.